The van der Waals surface area contributed by atoms with Crippen LogP contribution < -0.4 is 16.1 Å². The predicted octanol–water partition coefficient (Wildman–Crippen LogP) is 0.227. The van der Waals surface area contributed by atoms with Gasteiger partial charge in [0.2, 0.25) is 5.95 Å². The number of non-ortho nitro benzene ring substituents is 1. The number of hydrogen-bond donors (Lipinski definition) is 0. The third kappa shape index (κ3) is 3.18. The minimum Gasteiger partial charge on any atom is -0.378 e. The molecule has 0 radical (unpaired) electrons. The van der Waals surface area contributed by atoms with Crippen molar-refractivity contribution in [2.45, 2.75) is 6.54 Å². The molecule has 4 rings (SSSR count). The average Bonchev–Trinajstić information content (AvgIpc) is 3.11. The van der Waals surface area contributed by atoms with Crippen LogP contribution in [0.3, 0.4) is 0 Å². The van der Waals surface area contributed by atoms with Gasteiger partial charge in [-0.05, 0) is 5.56 Å². The summed E-state index contributed by atoms with van der Waals surface area (Å²) in [5.41, 5.74) is 0.514. The van der Waals surface area contributed by atoms with Crippen LogP contribution in [0, 0.1) is 10.1 Å². The molecule has 1 aliphatic heterocycles. The van der Waals surface area contributed by atoms with E-state index in [1.807, 2.05) is 4.90 Å². The van der Waals surface area contributed by atoms with Gasteiger partial charge in [-0.3, -0.25) is 28.6 Å². The lowest BCUT2D eigenvalue weighted by Gasteiger charge is -2.28. The van der Waals surface area contributed by atoms with Crippen molar-refractivity contribution >= 4 is 22.8 Å². The first-order chi connectivity index (χ1) is 13.9. The second-order valence-electron chi connectivity index (χ2n) is 6.90. The summed E-state index contributed by atoms with van der Waals surface area (Å²) in [6.45, 7) is 2.58. The molecule has 29 heavy (non-hydrogen) atoms. The highest BCUT2D eigenvalue weighted by molar-refractivity contribution is 5.74. The quantitative estimate of drug-likeness (QED) is 0.454. The number of fused-ring (bicyclic) bond motifs is 1. The van der Waals surface area contributed by atoms with Crippen molar-refractivity contribution in [3.05, 3.63) is 60.8 Å². The normalized spacial score (nSPS) is 14.5. The van der Waals surface area contributed by atoms with Gasteiger partial charge in [-0.25, -0.2) is 4.79 Å². The van der Waals surface area contributed by atoms with E-state index in [9.17, 15) is 19.7 Å². The minimum atomic E-state index is -0.457. The number of rotatable bonds is 4. The van der Waals surface area contributed by atoms with E-state index in [1.54, 1.807) is 23.7 Å². The molecule has 0 unspecified atom stereocenters. The van der Waals surface area contributed by atoms with Crippen LogP contribution in [-0.2, 0) is 25.4 Å². The molecule has 1 aromatic carbocycles. The van der Waals surface area contributed by atoms with Gasteiger partial charge in [0.25, 0.3) is 11.2 Å². The monoisotopic (exact) mass is 400 g/mol. The molecule has 3 aromatic rings. The first kappa shape index (κ1) is 18.9. The second-order valence-corrected chi connectivity index (χ2v) is 6.90. The summed E-state index contributed by atoms with van der Waals surface area (Å²) in [5, 5.41) is 10.9. The van der Waals surface area contributed by atoms with Crippen LogP contribution in [0.15, 0.2) is 33.9 Å². The molecule has 0 amide bonds. The number of hydrogen-bond acceptors (Lipinski definition) is 7. The van der Waals surface area contributed by atoms with Crippen molar-refractivity contribution in [1.29, 1.82) is 0 Å². The van der Waals surface area contributed by atoms with Crippen LogP contribution in [0.2, 0.25) is 0 Å². The maximum absolute atomic E-state index is 12.9. The van der Waals surface area contributed by atoms with E-state index in [0.717, 1.165) is 10.1 Å². The number of nitro benzene ring substituents is 1. The summed E-state index contributed by atoms with van der Waals surface area (Å²) < 4.78 is 9.59. The fraction of sp³-hybridized carbons (Fsp3) is 0.389. The Morgan fingerprint density at radius 3 is 2.38 bits per heavy atom. The second kappa shape index (κ2) is 7.17. The Balaban J connectivity index is 1.90. The third-order valence-electron chi connectivity index (χ3n) is 5.11. The molecule has 3 heterocycles. The van der Waals surface area contributed by atoms with Crippen molar-refractivity contribution in [3.63, 3.8) is 0 Å². The van der Waals surface area contributed by atoms with Crippen LogP contribution in [-0.4, -0.2) is 49.9 Å². The van der Waals surface area contributed by atoms with Gasteiger partial charge in [0.15, 0.2) is 11.2 Å². The highest BCUT2D eigenvalue weighted by Gasteiger charge is 2.24. The van der Waals surface area contributed by atoms with Gasteiger partial charge in [-0.2, -0.15) is 4.98 Å². The number of nitrogens with zero attached hydrogens (tertiary/aromatic N) is 6. The molecule has 1 aliphatic rings. The molecule has 0 N–H and O–H groups in total. The van der Waals surface area contributed by atoms with E-state index < -0.39 is 16.2 Å². The summed E-state index contributed by atoms with van der Waals surface area (Å²) in [6.07, 6.45) is 0. The Labute approximate surface area is 164 Å². The number of aromatic nitrogens is 4. The maximum Gasteiger partial charge on any atom is 0.332 e. The Hall–Kier alpha value is -3.47. The molecule has 152 valence electrons. The summed E-state index contributed by atoms with van der Waals surface area (Å²) in [6, 6.07) is 6.16. The molecule has 0 spiro atoms. The molecule has 2 aromatic heterocycles. The van der Waals surface area contributed by atoms with E-state index in [-0.39, 0.29) is 12.2 Å². The maximum atomic E-state index is 12.9. The zero-order valence-electron chi connectivity index (χ0n) is 16.1. The Kier molecular flexibility index (Phi) is 4.66. The summed E-state index contributed by atoms with van der Waals surface area (Å²) in [5.74, 6) is 0.569. The SMILES string of the molecule is Cn1c(=O)c2c(nc(N3CCOCC3)n2Cc2ccc([N+](=O)[O-])cc2)n(C)c1=O. The largest absolute Gasteiger partial charge is 0.378 e. The van der Waals surface area contributed by atoms with Crippen LogP contribution in [0.1, 0.15) is 5.56 Å². The number of benzene rings is 1. The molecular weight excluding hydrogens is 380 g/mol. The molecule has 1 fully saturated rings. The smallest absolute Gasteiger partial charge is 0.332 e. The number of anilines is 1. The number of aryl methyl sites for hydroxylation is 1. The van der Waals surface area contributed by atoms with E-state index in [2.05, 4.69) is 4.98 Å². The predicted molar refractivity (Wildman–Crippen MR) is 105 cm³/mol. The molecule has 0 aliphatic carbocycles. The number of ether oxygens (including phenoxy) is 1. The third-order valence-corrected chi connectivity index (χ3v) is 5.11. The fourth-order valence-corrected chi connectivity index (χ4v) is 3.50. The minimum absolute atomic E-state index is 0.00375. The summed E-state index contributed by atoms with van der Waals surface area (Å²) >= 11 is 0. The van der Waals surface area contributed by atoms with Gasteiger partial charge in [0, 0.05) is 39.3 Å². The highest BCUT2D eigenvalue weighted by atomic mass is 16.6. The van der Waals surface area contributed by atoms with Crippen molar-refractivity contribution in [1.82, 2.24) is 18.7 Å². The first-order valence-electron chi connectivity index (χ1n) is 9.10. The number of morpholine rings is 1. The van der Waals surface area contributed by atoms with Crippen molar-refractivity contribution in [2.75, 3.05) is 31.2 Å². The lowest BCUT2D eigenvalue weighted by Crippen LogP contribution is -2.38. The highest BCUT2D eigenvalue weighted by Crippen LogP contribution is 2.23. The van der Waals surface area contributed by atoms with Crippen molar-refractivity contribution < 1.29 is 9.66 Å². The summed E-state index contributed by atoms with van der Waals surface area (Å²) in [4.78, 5) is 42.3. The van der Waals surface area contributed by atoms with Crippen LogP contribution >= 0.6 is 0 Å². The molecule has 0 saturated carbocycles. The van der Waals surface area contributed by atoms with Gasteiger partial charge in [0.1, 0.15) is 0 Å². The first-order valence-corrected chi connectivity index (χ1v) is 9.10. The van der Waals surface area contributed by atoms with Crippen LogP contribution in [0.4, 0.5) is 11.6 Å². The number of nitro groups is 1. The molecular formula is C18H20N6O5. The topological polar surface area (TPSA) is 117 Å². The molecule has 0 bridgehead atoms. The molecule has 0 atom stereocenters. The lowest BCUT2D eigenvalue weighted by atomic mass is 10.2. The van der Waals surface area contributed by atoms with Crippen LogP contribution in [0.25, 0.3) is 11.2 Å². The summed E-state index contributed by atoms with van der Waals surface area (Å²) in [7, 11) is 3.01. The molecule has 11 nitrogen and oxygen atoms in total. The fourth-order valence-electron chi connectivity index (χ4n) is 3.50. The number of imidazole rings is 1. The van der Waals surface area contributed by atoms with Crippen molar-refractivity contribution in [2.24, 2.45) is 14.1 Å². The van der Waals surface area contributed by atoms with Gasteiger partial charge in [-0.1, -0.05) is 12.1 Å². The zero-order valence-corrected chi connectivity index (χ0v) is 16.1. The molecule has 1 saturated heterocycles. The van der Waals surface area contributed by atoms with E-state index in [0.29, 0.717) is 43.4 Å². The van der Waals surface area contributed by atoms with Gasteiger partial charge in [-0.15, -0.1) is 0 Å². The molecule has 11 heteroatoms. The van der Waals surface area contributed by atoms with E-state index in [4.69, 9.17) is 4.74 Å². The standard InChI is InChI=1S/C18H20N6O5/c1-20-15-14(16(25)21(2)18(20)26)23(17(19-15)22-7-9-29-10-8-22)11-12-3-5-13(6-4-12)24(27)28/h3-6H,7-11H2,1-2H3. The zero-order chi connectivity index (χ0) is 20.7. The van der Waals surface area contributed by atoms with E-state index >= 15 is 0 Å². The Bertz CT molecular complexity index is 1200. The Morgan fingerprint density at radius 2 is 1.76 bits per heavy atom. The van der Waals surface area contributed by atoms with Crippen LogP contribution in [0.5, 0.6) is 0 Å². The van der Waals surface area contributed by atoms with E-state index in [1.165, 1.54) is 23.7 Å². The van der Waals surface area contributed by atoms with Crippen molar-refractivity contribution in [3.8, 4) is 0 Å². The van der Waals surface area contributed by atoms with Gasteiger partial charge >= 0.3 is 5.69 Å². The lowest BCUT2D eigenvalue weighted by molar-refractivity contribution is -0.384. The van der Waals surface area contributed by atoms with Gasteiger partial charge < -0.3 is 9.64 Å². The average molecular weight is 400 g/mol. The Morgan fingerprint density at radius 1 is 1.10 bits per heavy atom. The van der Waals surface area contributed by atoms with Gasteiger partial charge in [0.05, 0.1) is 24.7 Å².